The summed E-state index contributed by atoms with van der Waals surface area (Å²) >= 11 is 1.85. The largest absolute Gasteiger partial charge is 1.00 e. The van der Waals surface area contributed by atoms with Crippen LogP contribution in [0.4, 0.5) is 11.4 Å². The molecule has 0 saturated heterocycles. The smallest absolute Gasteiger partial charge is 0.342 e. The third kappa shape index (κ3) is 2.48. The van der Waals surface area contributed by atoms with Gasteiger partial charge in [0.1, 0.15) is 0 Å². The molecule has 1 aliphatic rings. The second kappa shape index (κ2) is 6.16. The Kier molecular flexibility index (Phi) is 4.79. The first-order valence-corrected chi connectivity index (χ1v) is 6.64. The van der Waals surface area contributed by atoms with Gasteiger partial charge in [0.05, 0.1) is 11.4 Å². The Labute approximate surface area is 135 Å². The van der Waals surface area contributed by atoms with Crippen LogP contribution >= 0.6 is 11.8 Å². The molecule has 2 aromatic rings. The van der Waals surface area contributed by atoms with Gasteiger partial charge >= 0.3 is 29.6 Å². The Bertz CT molecular complexity index is 496. The number of nitrogens with zero attached hydrogens (tertiary/aromatic N) is 1. The van der Waals surface area contributed by atoms with E-state index in [0.717, 1.165) is 13.0 Å². The molecule has 18 heavy (non-hydrogen) atoms. The molecule has 0 bridgehead atoms. The van der Waals surface area contributed by atoms with Crippen molar-refractivity contribution in [2.45, 2.75) is 16.2 Å². The van der Waals surface area contributed by atoms with Gasteiger partial charge in [0, 0.05) is 9.79 Å². The first-order valence-electron chi connectivity index (χ1n) is 5.83. The van der Waals surface area contributed by atoms with Crippen LogP contribution in [0.3, 0.4) is 0 Å². The minimum absolute atomic E-state index is 0. The Morgan fingerprint density at radius 3 is 1.89 bits per heavy atom. The van der Waals surface area contributed by atoms with Crippen LogP contribution < -0.4 is 34.5 Å². The monoisotopic (exact) mass is 263 g/mol. The maximum atomic E-state index is 3.98. The Morgan fingerprint density at radius 1 is 0.889 bits per heavy atom. The fourth-order valence-electron chi connectivity index (χ4n) is 2.18. The van der Waals surface area contributed by atoms with E-state index in [2.05, 4.69) is 60.4 Å². The molecule has 0 fully saturated rings. The zero-order valence-corrected chi connectivity index (χ0v) is 13.4. The van der Waals surface area contributed by atoms with Gasteiger partial charge in [-0.25, -0.2) is 0 Å². The predicted octanol–water partition coefficient (Wildman–Crippen LogP) is 1.52. The summed E-state index contributed by atoms with van der Waals surface area (Å²) in [6.07, 6.45) is 0.910. The Morgan fingerprint density at radius 2 is 1.39 bits per heavy atom. The van der Waals surface area contributed by atoms with Gasteiger partial charge in [-0.3, -0.25) is 0 Å². The van der Waals surface area contributed by atoms with E-state index in [0.29, 0.717) is 0 Å². The quantitative estimate of drug-likeness (QED) is 0.597. The van der Waals surface area contributed by atoms with E-state index in [1.807, 2.05) is 11.8 Å². The van der Waals surface area contributed by atoms with Crippen LogP contribution in [0.2, 0.25) is 0 Å². The van der Waals surface area contributed by atoms with Crippen molar-refractivity contribution in [3.63, 3.8) is 0 Å². The molecular formula is C15H14NNaS. The third-order valence-electron chi connectivity index (χ3n) is 2.91. The normalized spacial score (nSPS) is 12.4. The summed E-state index contributed by atoms with van der Waals surface area (Å²) in [6.45, 7) is 4.94. The number of hydrogen-bond acceptors (Lipinski definition) is 2. The molecule has 3 heteroatoms. The second-order valence-electron chi connectivity index (χ2n) is 4.04. The fraction of sp³-hybridized carbons (Fsp3) is 0.133. The predicted molar refractivity (Wildman–Crippen MR) is 74.0 cm³/mol. The summed E-state index contributed by atoms with van der Waals surface area (Å²) in [5.41, 5.74) is 2.61. The van der Waals surface area contributed by atoms with E-state index in [4.69, 9.17) is 0 Å². The molecule has 86 valence electrons. The minimum Gasteiger partial charge on any atom is -0.342 e. The van der Waals surface area contributed by atoms with Crippen LogP contribution in [0, 0.1) is 6.92 Å². The molecule has 1 nitrogen and oxygen atoms in total. The van der Waals surface area contributed by atoms with E-state index in [1.165, 1.54) is 21.2 Å². The van der Waals surface area contributed by atoms with Crippen LogP contribution in [0.25, 0.3) is 0 Å². The van der Waals surface area contributed by atoms with Gasteiger partial charge in [-0.1, -0.05) is 36.0 Å². The van der Waals surface area contributed by atoms with Crippen LogP contribution in [-0.2, 0) is 0 Å². The van der Waals surface area contributed by atoms with Crippen LogP contribution in [0.5, 0.6) is 0 Å². The zero-order chi connectivity index (χ0) is 11.7. The topological polar surface area (TPSA) is 3.24 Å². The second-order valence-corrected chi connectivity index (χ2v) is 5.13. The molecule has 0 saturated carbocycles. The average molecular weight is 263 g/mol. The van der Waals surface area contributed by atoms with Crippen molar-refractivity contribution in [2.75, 3.05) is 11.4 Å². The van der Waals surface area contributed by atoms with Gasteiger partial charge in [-0.05, 0) is 30.8 Å². The molecule has 0 unspecified atom stereocenters. The van der Waals surface area contributed by atoms with Crippen LogP contribution in [-0.4, -0.2) is 6.54 Å². The standard InChI is InChI=1S/C15H14NS.Na/c1-2-11-16-12-7-3-5-9-14(12)17-15-10-6-4-8-13(15)16;/h3-10H,1-2,11H2;/q-1;+1. The molecule has 1 heterocycles. The summed E-state index contributed by atoms with van der Waals surface area (Å²) < 4.78 is 0. The molecule has 3 rings (SSSR count). The van der Waals surface area contributed by atoms with Crippen molar-refractivity contribution in [1.82, 2.24) is 0 Å². The van der Waals surface area contributed by atoms with Gasteiger partial charge < -0.3 is 11.8 Å². The molecule has 0 amide bonds. The van der Waals surface area contributed by atoms with Crippen LogP contribution in [0.15, 0.2) is 58.3 Å². The molecule has 0 radical (unpaired) electrons. The van der Waals surface area contributed by atoms with Gasteiger partial charge in [0.15, 0.2) is 0 Å². The number of benzene rings is 2. The molecule has 0 aliphatic carbocycles. The van der Waals surface area contributed by atoms with Crippen molar-refractivity contribution >= 4 is 23.1 Å². The SMILES string of the molecule is [CH2-]CCN1c2ccccc2Sc2ccccc21.[Na+]. The van der Waals surface area contributed by atoms with Crippen molar-refractivity contribution < 1.29 is 29.6 Å². The summed E-state index contributed by atoms with van der Waals surface area (Å²) in [4.78, 5) is 5.04. The average Bonchev–Trinajstić information content (AvgIpc) is 2.39. The Balaban J connectivity index is 0.00000120. The summed E-state index contributed by atoms with van der Waals surface area (Å²) in [7, 11) is 0. The maximum Gasteiger partial charge on any atom is 1.00 e. The molecule has 0 atom stereocenters. The van der Waals surface area contributed by atoms with E-state index < -0.39 is 0 Å². The van der Waals surface area contributed by atoms with Gasteiger partial charge in [-0.2, -0.15) is 6.42 Å². The van der Waals surface area contributed by atoms with E-state index in [-0.39, 0.29) is 29.6 Å². The van der Waals surface area contributed by atoms with Gasteiger partial charge in [0.25, 0.3) is 0 Å². The molecule has 1 aliphatic heterocycles. The first kappa shape index (κ1) is 14.0. The maximum absolute atomic E-state index is 3.98. The summed E-state index contributed by atoms with van der Waals surface area (Å²) in [5, 5.41) is 0. The number of rotatable bonds is 2. The van der Waals surface area contributed by atoms with Gasteiger partial charge in [-0.15, -0.1) is 0 Å². The summed E-state index contributed by atoms with van der Waals surface area (Å²) in [5.74, 6) is 0. The van der Waals surface area contributed by atoms with E-state index in [1.54, 1.807) is 0 Å². The molecule has 0 aromatic heterocycles. The fourth-order valence-corrected chi connectivity index (χ4v) is 3.28. The van der Waals surface area contributed by atoms with Crippen molar-refractivity contribution in [1.29, 1.82) is 0 Å². The third-order valence-corrected chi connectivity index (χ3v) is 4.04. The minimum atomic E-state index is 0. The van der Waals surface area contributed by atoms with Crippen molar-refractivity contribution in [2.24, 2.45) is 0 Å². The van der Waals surface area contributed by atoms with Gasteiger partial charge in [0.2, 0.25) is 0 Å². The van der Waals surface area contributed by atoms with Crippen molar-refractivity contribution in [3.05, 3.63) is 55.5 Å². The van der Waals surface area contributed by atoms with E-state index in [9.17, 15) is 0 Å². The number of hydrogen-bond donors (Lipinski definition) is 0. The number of anilines is 2. The number of fused-ring (bicyclic) bond motifs is 2. The zero-order valence-electron chi connectivity index (χ0n) is 10.6. The molecule has 2 aromatic carbocycles. The first-order chi connectivity index (χ1) is 8.40. The number of para-hydroxylation sites is 2. The van der Waals surface area contributed by atoms with Crippen molar-refractivity contribution in [3.8, 4) is 0 Å². The summed E-state index contributed by atoms with van der Waals surface area (Å²) in [6, 6.07) is 17.1. The van der Waals surface area contributed by atoms with Crippen LogP contribution in [0.1, 0.15) is 6.42 Å². The Hall–Kier alpha value is -0.410. The molecule has 0 spiro atoms. The molecular weight excluding hydrogens is 249 g/mol. The van der Waals surface area contributed by atoms with E-state index >= 15 is 0 Å². The molecule has 0 N–H and O–H groups in total.